The van der Waals surface area contributed by atoms with Crippen molar-refractivity contribution >= 4 is 28.1 Å². The zero-order valence-electron chi connectivity index (χ0n) is 15.7. The van der Waals surface area contributed by atoms with Gasteiger partial charge in [-0.2, -0.15) is 4.98 Å². The molecule has 2 heterocycles. The first kappa shape index (κ1) is 17.7. The van der Waals surface area contributed by atoms with Crippen molar-refractivity contribution in [1.29, 1.82) is 0 Å². The van der Waals surface area contributed by atoms with Crippen LogP contribution in [0.5, 0.6) is 5.88 Å². The second-order valence-corrected chi connectivity index (χ2v) is 7.08. The number of hydrogen-bond acceptors (Lipinski definition) is 5. The number of benzene rings is 1. The maximum atomic E-state index is 6.32. The number of rotatable bonds is 6. The minimum atomic E-state index is 0.207. The molecule has 1 aliphatic carbocycles. The Bertz CT molecular complexity index is 906. The van der Waals surface area contributed by atoms with Crippen molar-refractivity contribution in [3.8, 4) is 5.88 Å². The Hall–Kier alpha value is -2.73. The molecule has 6 nitrogen and oxygen atoms in total. The second-order valence-electron chi connectivity index (χ2n) is 7.08. The summed E-state index contributed by atoms with van der Waals surface area (Å²) < 4.78 is 5.51. The van der Waals surface area contributed by atoms with Crippen molar-refractivity contribution in [2.75, 3.05) is 17.2 Å². The van der Waals surface area contributed by atoms with Crippen molar-refractivity contribution < 1.29 is 4.74 Å². The summed E-state index contributed by atoms with van der Waals surface area (Å²) in [5, 5.41) is 8.20. The SMILES string of the molecule is CCOc1cccc(Nc2cc(N[C@@H]3CCCC[C@@H]3N)cc3[nH]ccc23)n1. The van der Waals surface area contributed by atoms with Gasteiger partial charge in [-0.05, 0) is 44.0 Å². The lowest BCUT2D eigenvalue weighted by Crippen LogP contribution is -2.42. The summed E-state index contributed by atoms with van der Waals surface area (Å²) >= 11 is 0. The number of anilines is 3. The molecule has 27 heavy (non-hydrogen) atoms. The van der Waals surface area contributed by atoms with E-state index < -0.39 is 0 Å². The standard InChI is InChI=1S/C21H27N5O/c1-2-27-21-9-5-8-20(26-21)25-19-13-14(12-18-15(19)10-11-23-18)24-17-7-4-3-6-16(17)22/h5,8-13,16-17,23-24H,2-4,6-7,22H2,1H3,(H,25,26)/t16-,17+/m0/s1. The van der Waals surface area contributed by atoms with Crippen LogP contribution in [0.1, 0.15) is 32.6 Å². The third-order valence-corrected chi connectivity index (χ3v) is 5.12. The van der Waals surface area contributed by atoms with E-state index in [0.29, 0.717) is 18.5 Å². The molecule has 0 unspecified atom stereocenters. The number of pyridine rings is 1. The van der Waals surface area contributed by atoms with E-state index in [9.17, 15) is 0 Å². The quantitative estimate of drug-likeness (QED) is 0.520. The molecule has 2 atom stereocenters. The van der Waals surface area contributed by atoms with E-state index in [4.69, 9.17) is 10.5 Å². The Kier molecular flexibility index (Phi) is 5.16. The Balaban J connectivity index is 1.61. The summed E-state index contributed by atoms with van der Waals surface area (Å²) in [4.78, 5) is 7.83. The highest BCUT2D eigenvalue weighted by atomic mass is 16.5. The topological polar surface area (TPSA) is 88.0 Å². The van der Waals surface area contributed by atoms with E-state index in [2.05, 4.69) is 38.8 Å². The Morgan fingerprint density at radius 1 is 1.22 bits per heavy atom. The van der Waals surface area contributed by atoms with Gasteiger partial charge in [-0.15, -0.1) is 0 Å². The normalized spacial score (nSPS) is 19.8. The monoisotopic (exact) mass is 365 g/mol. The second kappa shape index (κ2) is 7.88. The molecule has 0 spiro atoms. The largest absolute Gasteiger partial charge is 0.478 e. The van der Waals surface area contributed by atoms with Gasteiger partial charge in [-0.3, -0.25) is 0 Å². The van der Waals surface area contributed by atoms with Gasteiger partial charge in [0.15, 0.2) is 0 Å². The van der Waals surface area contributed by atoms with E-state index in [0.717, 1.165) is 40.9 Å². The highest BCUT2D eigenvalue weighted by Gasteiger charge is 2.21. The number of ether oxygens (including phenoxy) is 1. The number of nitrogens with two attached hydrogens (primary N) is 1. The van der Waals surface area contributed by atoms with E-state index in [1.807, 2.05) is 31.3 Å². The van der Waals surface area contributed by atoms with Crippen LogP contribution in [-0.4, -0.2) is 28.7 Å². The molecule has 0 saturated heterocycles. The first-order chi connectivity index (χ1) is 13.2. The van der Waals surface area contributed by atoms with Crippen molar-refractivity contribution in [2.45, 2.75) is 44.7 Å². The Labute approximate surface area is 159 Å². The number of aromatic amines is 1. The fourth-order valence-corrected chi connectivity index (χ4v) is 3.76. The van der Waals surface area contributed by atoms with Crippen molar-refractivity contribution in [3.05, 3.63) is 42.6 Å². The summed E-state index contributed by atoms with van der Waals surface area (Å²) in [5.74, 6) is 1.38. The number of nitrogens with one attached hydrogen (secondary N) is 3. The molecule has 0 radical (unpaired) electrons. The zero-order chi connectivity index (χ0) is 18.6. The number of fused-ring (bicyclic) bond motifs is 1. The summed E-state index contributed by atoms with van der Waals surface area (Å²) in [7, 11) is 0. The van der Waals surface area contributed by atoms with Crippen LogP contribution in [-0.2, 0) is 0 Å². The lowest BCUT2D eigenvalue weighted by atomic mass is 9.91. The van der Waals surface area contributed by atoms with Crippen molar-refractivity contribution in [1.82, 2.24) is 9.97 Å². The van der Waals surface area contributed by atoms with Crippen LogP contribution in [0.15, 0.2) is 42.6 Å². The smallest absolute Gasteiger partial charge is 0.215 e. The molecule has 5 N–H and O–H groups in total. The fourth-order valence-electron chi connectivity index (χ4n) is 3.76. The summed E-state index contributed by atoms with van der Waals surface area (Å²) in [6.07, 6.45) is 6.61. The van der Waals surface area contributed by atoms with Gasteiger partial charge in [0.2, 0.25) is 5.88 Å². The molecular weight excluding hydrogens is 338 g/mol. The number of aromatic nitrogens is 2. The Morgan fingerprint density at radius 2 is 2.11 bits per heavy atom. The first-order valence-electron chi connectivity index (χ1n) is 9.73. The van der Waals surface area contributed by atoms with Crippen LogP contribution in [0.2, 0.25) is 0 Å². The van der Waals surface area contributed by atoms with Crippen LogP contribution in [0, 0.1) is 0 Å². The van der Waals surface area contributed by atoms with Gasteiger partial charge in [-0.25, -0.2) is 0 Å². The maximum absolute atomic E-state index is 6.32. The Morgan fingerprint density at radius 3 is 2.96 bits per heavy atom. The van der Waals surface area contributed by atoms with Crippen LogP contribution < -0.4 is 21.1 Å². The average Bonchev–Trinajstić information content (AvgIpc) is 3.13. The predicted octanol–water partition coefficient (Wildman–Crippen LogP) is 4.39. The molecule has 2 aromatic heterocycles. The van der Waals surface area contributed by atoms with E-state index in [1.54, 1.807) is 0 Å². The third kappa shape index (κ3) is 4.01. The van der Waals surface area contributed by atoms with Gasteiger partial charge in [0.05, 0.1) is 12.3 Å². The molecule has 1 aliphatic rings. The van der Waals surface area contributed by atoms with Crippen LogP contribution in [0.25, 0.3) is 10.9 Å². The maximum Gasteiger partial charge on any atom is 0.215 e. The molecule has 6 heteroatoms. The highest BCUT2D eigenvalue weighted by Crippen LogP contribution is 2.31. The number of H-pyrrole nitrogens is 1. The molecule has 1 fully saturated rings. The van der Waals surface area contributed by atoms with Crippen LogP contribution in [0.3, 0.4) is 0 Å². The van der Waals surface area contributed by atoms with Gasteiger partial charge in [0.1, 0.15) is 5.82 Å². The van der Waals surface area contributed by atoms with Gasteiger partial charge in [-0.1, -0.05) is 18.9 Å². The average molecular weight is 365 g/mol. The summed E-state index contributed by atoms with van der Waals surface area (Å²) in [6, 6.07) is 12.6. The van der Waals surface area contributed by atoms with Gasteiger partial charge < -0.3 is 26.1 Å². The van der Waals surface area contributed by atoms with Crippen LogP contribution >= 0.6 is 0 Å². The summed E-state index contributed by atoms with van der Waals surface area (Å²) in [5.41, 5.74) is 9.46. The molecule has 0 aliphatic heterocycles. The molecule has 1 saturated carbocycles. The first-order valence-corrected chi connectivity index (χ1v) is 9.73. The molecule has 142 valence electrons. The van der Waals surface area contributed by atoms with Gasteiger partial charge >= 0.3 is 0 Å². The van der Waals surface area contributed by atoms with Gasteiger partial charge in [0, 0.05) is 40.9 Å². The lowest BCUT2D eigenvalue weighted by Gasteiger charge is -2.30. The predicted molar refractivity (Wildman–Crippen MR) is 111 cm³/mol. The summed E-state index contributed by atoms with van der Waals surface area (Å²) in [6.45, 7) is 2.55. The molecular formula is C21H27N5O. The van der Waals surface area contributed by atoms with Crippen LogP contribution in [0.4, 0.5) is 17.2 Å². The lowest BCUT2D eigenvalue weighted by molar-refractivity contribution is 0.327. The zero-order valence-corrected chi connectivity index (χ0v) is 15.7. The fraction of sp³-hybridized carbons (Fsp3) is 0.381. The molecule has 4 rings (SSSR count). The van der Waals surface area contributed by atoms with Crippen molar-refractivity contribution in [2.24, 2.45) is 5.73 Å². The van der Waals surface area contributed by atoms with E-state index in [1.165, 1.54) is 12.8 Å². The third-order valence-electron chi connectivity index (χ3n) is 5.12. The van der Waals surface area contributed by atoms with E-state index in [-0.39, 0.29) is 6.04 Å². The minimum absolute atomic E-state index is 0.207. The van der Waals surface area contributed by atoms with Crippen molar-refractivity contribution in [3.63, 3.8) is 0 Å². The molecule has 0 bridgehead atoms. The van der Waals surface area contributed by atoms with E-state index >= 15 is 0 Å². The highest BCUT2D eigenvalue weighted by molar-refractivity contribution is 5.96. The minimum Gasteiger partial charge on any atom is -0.478 e. The van der Waals surface area contributed by atoms with Gasteiger partial charge in [0.25, 0.3) is 0 Å². The molecule has 0 amide bonds. The molecule has 1 aromatic carbocycles. The molecule has 3 aromatic rings. The number of hydrogen-bond donors (Lipinski definition) is 4. The number of nitrogens with zero attached hydrogens (tertiary/aromatic N) is 1.